The van der Waals surface area contributed by atoms with Gasteiger partial charge in [0.25, 0.3) is 0 Å². The third kappa shape index (κ3) is 10.2. The number of rotatable bonds is 9. The number of hydrogen-bond donors (Lipinski definition) is 0. The Labute approximate surface area is 241 Å². The molecule has 1 aliphatic heterocycles. The van der Waals surface area contributed by atoms with Crippen LogP contribution in [0.5, 0.6) is 0 Å². The monoisotopic (exact) mass is 549 g/mol. The predicted octanol–water partition coefficient (Wildman–Crippen LogP) is 7.48. The van der Waals surface area contributed by atoms with Crippen LogP contribution in [-0.4, -0.2) is 35.8 Å². The van der Waals surface area contributed by atoms with Crippen LogP contribution in [0.15, 0.2) is 12.7 Å². The van der Waals surface area contributed by atoms with E-state index in [-0.39, 0.29) is 11.9 Å². The van der Waals surface area contributed by atoms with Crippen molar-refractivity contribution in [3.63, 3.8) is 0 Å². The van der Waals surface area contributed by atoms with Gasteiger partial charge in [-0.25, -0.2) is 4.79 Å². The Morgan fingerprint density at radius 2 is 1.38 bits per heavy atom. The maximum Gasteiger partial charge on any atom is 0.330 e. The van der Waals surface area contributed by atoms with Crippen LogP contribution in [0.3, 0.4) is 0 Å². The van der Waals surface area contributed by atoms with Gasteiger partial charge in [0.1, 0.15) is 0 Å². The smallest absolute Gasteiger partial charge is 0.330 e. The van der Waals surface area contributed by atoms with Gasteiger partial charge in [0.2, 0.25) is 0 Å². The molecule has 5 heteroatoms. The summed E-state index contributed by atoms with van der Waals surface area (Å²) in [5, 5.41) is 10.4. The number of esters is 1. The molecule has 0 amide bonds. The summed E-state index contributed by atoms with van der Waals surface area (Å²) < 4.78 is 11.1. The quantitative estimate of drug-likeness (QED) is 0.129. The van der Waals surface area contributed by atoms with Gasteiger partial charge in [0.05, 0.1) is 24.0 Å². The van der Waals surface area contributed by atoms with Gasteiger partial charge >= 0.3 is 5.97 Å². The molecule has 0 radical (unpaired) electrons. The normalized spacial score (nSPS) is 33.8. The van der Waals surface area contributed by atoms with Crippen molar-refractivity contribution in [3.8, 4) is 29.8 Å². The molecular formula is C34H47NO3S. The minimum atomic E-state index is -0.333. The van der Waals surface area contributed by atoms with Crippen molar-refractivity contribution < 1.29 is 14.3 Å². The van der Waals surface area contributed by atoms with Gasteiger partial charge in [-0.2, -0.15) is 5.26 Å². The molecule has 1 heterocycles. The highest BCUT2D eigenvalue weighted by atomic mass is 32.2. The van der Waals surface area contributed by atoms with Crippen molar-refractivity contribution >= 4 is 17.7 Å². The van der Waals surface area contributed by atoms with E-state index >= 15 is 0 Å². The summed E-state index contributed by atoms with van der Waals surface area (Å²) >= 11 is 2.14. The Morgan fingerprint density at radius 3 is 2.10 bits per heavy atom. The number of ether oxygens (including phenoxy) is 2. The molecule has 4 atom stereocenters. The largest absolute Gasteiger partial charge is 0.463 e. The SMILES string of the molecule is C=CC(=O)OCCCCCCOC1CCC(C#CC2CCC3SC(C#CC4CCC(C#N)CC4)CC3C2)CC1. The van der Waals surface area contributed by atoms with E-state index in [1.165, 1.54) is 44.6 Å². The van der Waals surface area contributed by atoms with E-state index in [1.807, 2.05) is 0 Å². The fourth-order valence-corrected chi connectivity index (χ4v) is 8.29. The molecule has 3 aliphatic carbocycles. The van der Waals surface area contributed by atoms with Crippen molar-refractivity contribution in [2.45, 2.75) is 119 Å². The first-order valence-corrected chi connectivity index (χ1v) is 16.5. The highest BCUT2D eigenvalue weighted by Crippen LogP contribution is 2.47. The predicted molar refractivity (Wildman–Crippen MR) is 159 cm³/mol. The lowest BCUT2D eigenvalue weighted by Gasteiger charge is -2.29. The van der Waals surface area contributed by atoms with Gasteiger partial charge in [-0.15, -0.1) is 11.8 Å². The highest BCUT2D eigenvalue weighted by Gasteiger charge is 2.38. The Kier molecular flexibility index (Phi) is 12.7. The number of hydrogen-bond acceptors (Lipinski definition) is 5. The number of carbonyl (C=O) groups excluding carboxylic acids is 1. The molecule has 4 nitrogen and oxygen atoms in total. The van der Waals surface area contributed by atoms with Crippen LogP contribution in [-0.2, 0) is 14.3 Å². The van der Waals surface area contributed by atoms with Crippen molar-refractivity contribution in [3.05, 3.63) is 12.7 Å². The van der Waals surface area contributed by atoms with E-state index in [0.717, 1.165) is 82.0 Å². The summed E-state index contributed by atoms with van der Waals surface area (Å²) in [6, 6.07) is 2.43. The maximum absolute atomic E-state index is 11.0. The van der Waals surface area contributed by atoms with Gasteiger partial charge in [-0.3, -0.25) is 0 Å². The first-order chi connectivity index (χ1) is 19.1. The molecule has 4 fully saturated rings. The number of unbranched alkanes of at least 4 members (excludes halogenated alkanes) is 3. The molecular weight excluding hydrogens is 502 g/mol. The van der Waals surface area contributed by atoms with Gasteiger partial charge in [0, 0.05) is 41.6 Å². The van der Waals surface area contributed by atoms with E-state index < -0.39 is 0 Å². The summed E-state index contributed by atoms with van der Waals surface area (Å²) in [4.78, 5) is 11.0. The number of nitrogens with zero attached hydrogens (tertiary/aromatic N) is 1. The average Bonchev–Trinajstić information content (AvgIpc) is 3.39. The molecule has 1 saturated heterocycles. The molecule has 3 saturated carbocycles. The lowest BCUT2D eigenvalue weighted by Crippen LogP contribution is -2.23. The molecule has 4 aliphatic rings. The van der Waals surface area contributed by atoms with E-state index in [4.69, 9.17) is 14.7 Å². The van der Waals surface area contributed by atoms with E-state index in [0.29, 0.717) is 35.7 Å². The molecule has 0 aromatic rings. The molecule has 0 N–H and O–H groups in total. The number of carbonyl (C=O) groups is 1. The van der Waals surface area contributed by atoms with Crippen LogP contribution in [0, 0.1) is 64.6 Å². The zero-order valence-corrected chi connectivity index (χ0v) is 24.5. The zero-order chi connectivity index (χ0) is 27.3. The lowest BCUT2D eigenvalue weighted by atomic mass is 9.79. The summed E-state index contributed by atoms with van der Waals surface area (Å²) in [6.45, 7) is 4.73. The number of nitriles is 1. The Morgan fingerprint density at radius 1 is 0.769 bits per heavy atom. The minimum Gasteiger partial charge on any atom is -0.463 e. The van der Waals surface area contributed by atoms with Crippen molar-refractivity contribution in [2.75, 3.05) is 13.2 Å². The van der Waals surface area contributed by atoms with Crippen molar-refractivity contribution in [1.82, 2.24) is 0 Å². The van der Waals surface area contributed by atoms with E-state index in [9.17, 15) is 4.79 Å². The Bertz CT molecular complexity index is 949. The van der Waals surface area contributed by atoms with Crippen molar-refractivity contribution in [2.24, 2.45) is 29.6 Å². The van der Waals surface area contributed by atoms with Crippen LogP contribution in [0.4, 0.5) is 0 Å². The second-order valence-electron chi connectivity index (χ2n) is 12.1. The van der Waals surface area contributed by atoms with Crippen LogP contribution < -0.4 is 0 Å². The van der Waals surface area contributed by atoms with Crippen LogP contribution >= 0.6 is 11.8 Å². The first kappa shape index (κ1) is 30.1. The highest BCUT2D eigenvalue weighted by molar-refractivity contribution is 8.01. The summed E-state index contributed by atoms with van der Waals surface area (Å²) in [5.41, 5.74) is 0. The topological polar surface area (TPSA) is 59.3 Å². The molecule has 39 heavy (non-hydrogen) atoms. The molecule has 4 rings (SSSR count). The second kappa shape index (κ2) is 16.4. The summed E-state index contributed by atoms with van der Waals surface area (Å²) in [7, 11) is 0. The number of thioether (sulfide) groups is 1. The molecule has 4 unspecified atom stereocenters. The van der Waals surface area contributed by atoms with Gasteiger partial charge in [-0.05, 0) is 102 Å². The molecule has 0 bridgehead atoms. The molecule has 0 spiro atoms. The van der Waals surface area contributed by atoms with Crippen LogP contribution in [0.1, 0.15) is 103 Å². The standard InChI is InChI=1S/C34H47NO3S/c1-2-34(36)38-22-6-4-3-5-21-37-31-17-13-27(14-18-31)7-10-28-16-20-33-30(23-28)24-32(39-33)19-15-26-8-11-29(25-35)12-9-26/h2,26-33H,1,3-6,8-9,11-14,16-18,20-24H2. The molecule has 212 valence electrons. The number of fused-ring (bicyclic) bond motifs is 1. The first-order valence-electron chi connectivity index (χ1n) is 15.6. The third-order valence-electron chi connectivity index (χ3n) is 9.10. The fourth-order valence-electron chi connectivity index (χ4n) is 6.66. The van der Waals surface area contributed by atoms with Gasteiger partial charge < -0.3 is 9.47 Å². The van der Waals surface area contributed by atoms with E-state index in [1.54, 1.807) is 0 Å². The summed E-state index contributed by atoms with van der Waals surface area (Å²) in [6.07, 6.45) is 19.8. The van der Waals surface area contributed by atoms with Gasteiger partial charge in [-0.1, -0.05) is 36.7 Å². The molecule has 0 aromatic carbocycles. The fraction of sp³-hybridized carbons (Fsp3) is 0.765. The van der Waals surface area contributed by atoms with E-state index in [2.05, 4.69) is 48.1 Å². The maximum atomic E-state index is 11.0. The van der Waals surface area contributed by atoms with Crippen LogP contribution in [0.2, 0.25) is 0 Å². The lowest BCUT2D eigenvalue weighted by molar-refractivity contribution is -0.137. The minimum absolute atomic E-state index is 0.267. The van der Waals surface area contributed by atoms with Gasteiger partial charge in [0.15, 0.2) is 0 Å². The van der Waals surface area contributed by atoms with Crippen molar-refractivity contribution in [1.29, 1.82) is 5.26 Å². The Hall–Kier alpha value is -1.87. The molecule has 0 aromatic heterocycles. The second-order valence-corrected chi connectivity index (χ2v) is 13.5. The van der Waals surface area contributed by atoms with Crippen LogP contribution in [0.25, 0.3) is 0 Å². The third-order valence-corrected chi connectivity index (χ3v) is 10.7. The Balaban J connectivity index is 1.06. The zero-order valence-electron chi connectivity index (χ0n) is 23.7. The average molecular weight is 550 g/mol. The summed E-state index contributed by atoms with van der Waals surface area (Å²) in [5.74, 6) is 17.0.